The van der Waals surface area contributed by atoms with Crippen molar-refractivity contribution in [3.63, 3.8) is 0 Å². The van der Waals surface area contributed by atoms with Crippen LogP contribution in [-0.4, -0.2) is 23.2 Å². The van der Waals surface area contributed by atoms with E-state index in [0.29, 0.717) is 18.1 Å². The fourth-order valence-corrected chi connectivity index (χ4v) is 3.06. The minimum Gasteiger partial charge on any atom is -0.490 e. The van der Waals surface area contributed by atoms with E-state index >= 15 is 0 Å². The molecule has 1 N–H and O–H groups in total. The quantitative estimate of drug-likeness (QED) is 0.632. The first-order valence-corrected chi connectivity index (χ1v) is 8.22. The summed E-state index contributed by atoms with van der Waals surface area (Å²) < 4.78 is 12.0. The molecule has 0 saturated carbocycles. The first-order valence-electron chi connectivity index (χ1n) is 7.14. The second kappa shape index (κ2) is 6.87. The van der Waals surface area contributed by atoms with Gasteiger partial charge in [0.25, 0.3) is 0 Å². The molecule has 0 aliphatic heterocycles. The number of hydrogen-bond donors (Lipinski definition) is 1. The largest absolute Gasteiger partial charge is 0.490 e. The van der Waals surface area contributed by atoms with Crippen molar-refractivity contribution in [2.75, 3.05) is 13.2 Å². The van der Waals surface area contributed by atoms with Crippen LogP contribution in [-0.2, 0) is 0 Å². The van der Waals surface area contributed by atoms with Crippen LogP contribution in [0.1, 0.15) is 6.92 Å². The number of aromatic amines is 1. The van der Waals surface area contributed by atoms with Gasteiger partial charge in [0.05, 0.1) is 21.2 Å². The Balaban J connectivity index is 2.07. The van der Waals surface area contributed by atoms with E-state index in [9.17, 15) is 0 Å². The summed E-state index contributed by atoms with van der Waals surface area (Å²) in [6.45, 7) is 2.41. The first kappa shape index (κ1) is 15.6. The zero-order chi connectivity index (χ0) is 16.2. The van der Waals surface area contributed by atoms with Gasteiger partial charge in [0.1, 0.15) is 11.9 Å². The minimum absolute atomic E-state index is 0.0138. The van der Waals surface area contributed by atoms with E-state index in [1.165, 1.54) is 0 Å². The molecular weight excluding hydrogens is 405 g/mol. The number of ether oxygens (including phenoxy) is 2. The standard InChI is InChI=1S/C17H14IN3O2/c1-2-22-15-10-11(9-12(18)16(15)23-8-7-19)17-20-13-5-3-4-6-14(13)21-17/h3-6,9-10H,2,8H2,1H3,(H,20,21). The molecule has 0 amide bonds. The number of benzene rings is 2. The summed E-state index contributed by atoms with van der Waals surface area (Å²) in [7, 11) is 0. The lowest BCUT2D eigenvalue weighted by Gasteiger charge is -2.13. The van der Waals surface area contributed by atoms with Gasteiger partial charge in [-0.25, -0.2) is 4.98 Å². The molecule has 0 unspecified atom stereocenters. The number of halogens is 1. The van der Waals surface area contributed by atoms with Gasteiger partial charge in [0.2, 0.25) is 0 Å². The highest BCUT2D eigenvalue weighted by Gasteiger charge is 2.15. The molecule has 0 saturated heterocycles. The number of nitrogens with zero attached hydrogens (tertiary/aromatic N) is 2. The third-order valence-electron chi connectivity index (χ3n) is 3.25. The Morgan fingerprint density at radius 1 is 1.26 bits per heavy atom. The van der Waals surface area contributed by atoms with Crippen molar-refractivity contribution in [3.8, 4) is 29.0 Å². The molecule has 5 nitrogen and oxygen atoms in total. The maximum Gasteiger partial charge on any atom is 0.176 e. The molecule has 3 aromatic rings. The fourth-order valence-electron chi connectivity index (χ4n) is 2.30. The Morgan fingerprint density at radius 2 is 2.09 bits per heavy atom. The molecule has 1 aromatic heterocycles. The Labute approximate surface area is 147 Å². The topological polar surface area (TPSA) is 70.9 Å². The predicted octanol–water partition coefficient (Wildman–Crippen LogP) is 4.14. The van der Waals surface area contributed by atoms with Crippen LogP contribution >= 0.6 is 22.6 Å². The molecule has 0 bridgehead atoms. The molecule has 0 fully saturated rings. The summed E-state index contributed by atoms with van der Waals surface area (Å²) in [6, 6.07) is 13.7. The summed E-state index contributed by atoms with van der Waals surface area (Å²) in [5, 5.41) is 8.72. The van der Waals surface area contributed by atoms with Crippen molar-refractivity contribution in [1.82, 2.24) is 9.97 Å². The van der Waals surface area contributed by atoms with Crippen LogP contribution in [0.25, 0.3) is 22.4 Å². The van der Waals surface area contributed by atoms with Crippen LogP contribution in [0.4, 0.5) is 0 Å². The second-order valence-electron chi connectivity index (χ2n) is 4.77. The van der Waals surface area contributed by atoms with Crippen LogP contribution in [0.3, 0.4) is 0 Å². The molecular formula is C17H14IN3O2. The van der Waals surface area contributed by atoms with E-state index in [1.807, 2.05) is 49.4 Å². The monoisotopic (exact) mass is 419 g/mol. The molecule has 3 rings (SSSR count). The van der Waals surface area contributed by atoms with E-state index in [1.54, 1.807) is 0 Å². The lowest BCUT2D eigenvalue weighted by Crippen LogP contribution is -2.01. The first-order chi connectivity index (χ1) is 11.2. The maximum atomic E-state index is 8.72. The van der Waals surface area contributed by atoms with E-state index in [4.69, 9.17) is 14.7 Å². The number of nitriles is 1. The molecule has 0 spiro atoms. The van der Waals surface area contributed by atoms with Gasteiger partial charge in [-0.2, -0.15) is 5.26 Å². The van der Waals surface area contributed by atoms with Crippen molar-refractivity contribution in [1.29, 1.82) is 5.26 Å². The van der Waals surface area contributed by atoms with Crippen LogP contribution in [0, 0.1) is 14.9 Å². The molecule has 0 radical (unpaired) electrons. The zero-order valence-electron chi connectivity index (χ0n) is 12.5. The van der Waals surface area contributed by atoms with Crippen molar-refractivity contribution in [3.05, 3.63) is 40.0 Å². The van der Waals surface area contributed by atoms with Crippen molar-refractivity contribution >= 4 is 33.6 Å². The summed E-state index contributed by atoms with van der Waals surface area (Å²) >= 11 is 2.18. The number of fused-ring (bicyclic) bond motifs is 1. The number of aromatic nitrogens is 2. The van der Waals surface area contributed by atoms with Gasteiger partial charge >= 0.3 is 0 Å². The van der Waals surface area contributed by atoms with Gasteiger partial charge in [0.15, 0.2) is 18.1 Å². The van der Waals surface area contributed by atoms with Gasteiger partial charge in [-0.3, -0.25) is 0 Å². The fraction of sp³-hybridized carbons (Fsp3) is 0.176. The number of H-pyrrole nitrogens is 1. The van der Waals surface area contributed by atoms with Crippen molar-refractivity contribution in [2.24, 2.45) is 0 Å². The highest BCUT2D eigenvalue weighted by Crippen LogP contribution is 2.37. The van der Waals surface area contributed by atoms with E-state index in [-0.39, 0.29) is 6.61 Å². The zero-order valence-corrected chi connectivity index (χ0v) is 14.6. The molecule has 6 heteroatoms. The SMILES string of the molecule is CCOc1cc(-c2nc3ccccc3[nH]2)cc(I)c1OCC#N. The van der Waals surface area contributed by atoms with Crippen LogP contribution < -0.4 is 9.47 Å². The third-order valence-corrected chi connectivity index (χ3v) is 4.05. The van der Waals surface area contributed by atoms with Gasteiger partial charge in [-0.15, -0.1) is 0 Å². The molecule has 1 heterocycles. The van der Waals surface area contributed by atoms with Crippen LogP contribution in [0.15, 0.2) is 36.4 Å². The lowest BCUT2D eigenvalue weighted by atomic mass is 10.2. The average Bonchev–Trinajstić information content (AvgIpc) is 2.98. The highest BCUT2D eigenvalue weighted by molar-refractivity contribution is 14.1. The summed E-state index contributed by atoms with van der Waals surface area (Å²) in [6.07, 6.45) is 0. The second-order valence-corrected chi connectivity index (χ2v) is 5.93. The van der Waals surface area contributed by atoms with Gasteiger partial charge in [-0.1, -0.05) is 12.1 Å². The van der Waals surface area contributed by atoms with Gasteiger partial charge < -0.3 is 14.5 Å². The number of rotatable bonds is 5. The Bertz CT molecular complexity index is 850. The van der Waals surface area contributed by atoms with E-state index < -0.39 is 0 Å². The molecule has 2 aromatic carbocycles. The molecule has 0 aliphatic carbocycles. The number of nitrogens with one attached hydrogen (secondary N) is 1. The van der Waals surface area contributed by atoms with Gasteiger partial charge in [-0.05, 0) is 53.8 Å². The molecule has 23 heavy (non-hydrogen) atoms. The highest BCUT2D eigenvalue weighted by atomic mass is 127. The van der Waals surface area contributed by atoms with Crippen LogP contribution in [0.2, 0.25) is 0 Å². The average molecular weight is 419 g/mol. The maximum absolute atomic E-state index is 8.72. The Kier molecular flexibility index (Phi) is 4.67. The van der Waals surface area contributed by atoms with Crippen LogP contribution in [0.5, 0.6) is 11.5 Å². The smallest absolute Gasteiger partial charge is 0.176 e. The summed E-state index contributed by atoms with van der Waals surface area (Å²) in [4.78, 5) is 7.92. The number of hydrogen-bond acceptors (Lipinski definition) is 4. The summed E-state index contributed by atoms with van der Waals surface area (Å²) in [5.74, 6) is 1.98. The number of imidazole rings is 1. The third kappa shape index (κ3) is 3.24. The lowest BCUT2D eigenvalue weighted by molar-refractivity contribution is 0.297. The minimum atomic E-state index is -0.0138. The van der Waals surface area contributed by atoms with Crippen molar-refractivity contribution < 1.29 is 9.47 Å². The molecule has 116 valence electrons. The number of para-hydroxylation sites is 2. The molecule has 0 aliphatic rings. The molecule has 0 atom stereocenters. The normalized spacial score (nSPS) is 10.5. The Morgan fingerprint density at radius 3 is 2.83 bits per heavy atom. The Hall–Kier alpha value is -2.27. The predicted molar refractivity (Wildman–Crippen MR) is 96.5 cm³/mol. The van der Waals surface area contributed by atoms with E-state index in [2.05, 4.69) is 32.6 Å². The van der Waals surface area contributed by atoms with E-state index in [0.717, 1.165) is 26.0 Å². The summed E-state index contributed by atoms with van der Waals surface area (Å²) in [5.41, 5.74) is 2.82. The van der Waals surface area contributed by atoms with Crippen molar-refractivity contribution in [2.45, 2.75) is 6.92 Å². The van der Waals surface area contributed by atoms with Gasteiger partial charge in [0, 0.05) is 5.56 Å².